The van der Waals surface area contributed by atoms with Crippen LogP contribution in [0, 0.1) is 0 Å². The van der Waals surface area contributed by atoms with Crippen LogP contribution in [0.3, 0.4) is 0 Å². The van der Waals surface area contributed by atoms with Crippen molar-refractivity contribution in [2.45, 2.75) is 6.54 Å². The van der Waals surface area contributed by atoms with Gasteiger partial charge in [-0.1, -0.05) is 12.1 Å². The van der Waals surface area contributed by atoms with Gasteiger partial charge in [-0.2, -0.15) is 0 Å². The van der Waals surface area contributed by atoms with E-state index in [0.717, 1.165) is 16.8 Å². The first-order valence-electron chi connectivity index (χ1n) is 5.57. The molecule has 4 N–H and O–H groups in total. The smallest absolute Gasteiger partial charge is 0.182 e. The van der Waals surface area contributed by atoms with Gasteiger partial charge in [0.25, 0.3) is 0 Å². The average Bonchev–Trinajstić information content (AvgIpc) is 2.89. The molecule has 0 bridgehead atoms. The van der Waals surface area contributed by atoms with Gasteiger partial charge in [0.2, 0.25) is 0 Å². The number of H-pyrrole nitrogens is 1. The van der Waals surface area contributed by atoms with Gasteiger partial charge in [-0.3, -0.25) is 0 Å². The maximum Gasteiger partial charge on any atom is 0.182 e. The molecule has 0 radical (unpaired) electrons. The molecule has 0 spiro atoms. The fourth-order valence-electron chi connectivity index (χ4n) is 1.72. The molecule has 0 saturated carbocycles. The van der Waals surface area contributed by atoms with Gasteiger partial charge in [0.1, 0.15) is 11.8 Å². The van der Waals surface area contributed by atoms with Gasteiger partial charge in [0.15, 0.2) is 11.5 Å². The summed E-state index contributed by atoms with van der Waals surface area (Å²) in [6.45, 7) is 0.540. The van der Waals surface area contributed by atoms with E-state index in [1.807, 2.05) is 24.3 Å². The van der Waals surface area contributed by atoms with E-state index < -0.39 is 0 Å². The zero-order valence-corrected chi connectivity index (χ0v) is 9.59. The summed E-state index contributed by atoms with van der Waals surface area (Å²) in [6, 6.07) is 7.89. The predicted molar refractivity (Wildman–Crippen MR) is 69.3 cm³/mol. The van der Waals surface area contributed by atoms with E-state index in [1.165, 1.54) is 6.33 Å². The molecule has 0 aliphatic rings. The highest BCUT2D eigenvalue weighted by molar-refractivity contribution is 5.84. The van der Waals surface area contributed by atoms with Crippen molar-refractivity contribution in [3.05, 3.63) is 42.5 Å². The molecule has 0 aliphatic carbocycles. The minimum Gasteiger partial charge on any atom is -0.340 e. The largest absolute Gasteiger partial charge is 0.340 e. The van der Waals surface area contributed by atoms with Crippen LogP contribution in [0.5, 0.6) is 0 Å². The quantitative estimate of drug-likeness (QED) is 0.646. The summed E-state index contributed by atoms with van der Waals surface area (Å²) in [7, 11) is 0. The lowest BCUT2D eigenvalue weighted by atomic mass is 10.2. The lowest BCUT2D eigenvalue weighted by Crippen LogP contribution is -1.98. The fraction of sp³-hybridized carbons (Fsp3) is 0.0833. The Kier molecular flexibility index (Phi) is 2.62. The normalized spacial score (nSPS) is 10.7. The lowest BCUT2D eigenvalue weighted by Gasteiger charge is -2.06. The average molecular weight is 240 g/mol. The van der Waals surface area contributed by atoms with Gasteiger partial charge < -0.3 is 16.0 Å². The topological polar surface area (TPSA) is 92.5 Å². The Morgan fingerprint density at radius 3 is 2.72 bits per heavy atom. The van der Waals surface area contributed by atoms with Gasteiger partial charge in [-0.25, -0.2) is 15.0 Å². The Labute approximate surface area is 103 Å². The number of aromatic amines is 1. The van der Waals surface area contributed by atoms with Gasteiger partial charge in [-0.15, -0.1) is 0 Å². The Morgan fingerprint density at radius 1 is 1.11 bits per heavy atom. The van der Waals surface area contributed by atoms with Crippen molar-refractivity contribution in [3.63, 3.8) is 0 Å². The Bertz CT molecular complexity index is 658. The number of nitrogens with one attached hydrogen (secondary N) is 2. The molecule has 6 nitrogen and oxygen atoms in total. The number of nitrogens with two attached hydrogens (primary N) is 1. The first kappa shape index (κ1) is 10.7. The van der Waals surface area contributed by atoms with Crippen LogP contribution < -0.4 is 11.1 Å². The van der Waals surface area contributed by atoms with Crippen LogP contribution >= 0.6 is 0 Å². The maximum absolute atomic E-state index is 5.56. The van der Waals surface area contributed by atoms with Crippen LogP contribution in [-0.2, 0) is 6.54 Å². The Balaban J connectivity index is 1.93. The van der Waals surface area contributed by atoms with Crippen molar-refractivity contribution in [2.24, 2.45) is 5.73 Å². The highest BCUT2D eigenvalue weighted by Gasteiger charge is 2.05. The van der Waals surface area contributed by atoms with Crippen molar-refractivity contribution in [1.82, 2.24) is 19.9 Å². The molecule has 6 heteroatoms. The number of aromatic nitrogens is 4. The molecule has 18 heavy (non-hydrogen) atoms. The maximum atomic E-state index is 5.56. The van der Waals surface area contributed by atoms with Gasteiger partial charge in [0, 0.05) is 12.2 Å². The van der Waals surface area contributed by atoms with E-state index in [4.69, 9.17) is 5.73 Å². The third-order valence-electron chi connectivity index (χ3n) is 2.68. The summed E-state index contributed by atoms with van der Waals surface area (Å²) in [4.78, 5) is 15.4. The third-order valence-corrected chi connectivity index (χ3v) is 2.68. The zero-order valence-electron chi connectivity index (χ0n) is 9.59. The number of hydrogen-bond donors (Lipinski definition) is 3. The summed E-state index contributed by atoms with van der Waals surface area (Å²) < 4.78 is 0. The zero-order chi connectivity index (χ0) is 12.4. The van der Waals surface area contributed by atoms with E-state index >= 15 is 0 Å². The number of hydrogen-bond acceptors (Lipinski definition) is 5. The van der Waals surface area contributed by atoms with Gasteiger partial charge in [-0.05, 0) is 17.7 Å². The van der Waals surface area contributed by atoms with Crippen molar-refractivity contribution in [3.8, 4) is 0 Å². The third kappa shape index (κ3) is 1.89. The molecule has 3 rings (SSSR count). The molecule has 1 aromatic carbocycles. The van der Waals surface area contributed by atoms with Gasteiger partial charge >= 0.3 is 0 Å². The fourth-order valence-corrected chi connectivity index (χ4v) is 1.72. The van der Waals surface area contributed by atoms with E-state index in [-0.39, 0.29) is 0 Å². The Morgan fingerprint density at radius 2 is 1.94 bits per heavy atom. The van der Waals surface area contributed by atoms with E-state index in [9.17, 15) is 0 Å². The van der Waals surface area contributed by atoms with Crippen LogP contribution in [0.25, 0.3) is 11.2 Å². The number of anilines is 2. The summed E-state index contributed by atoms with van der Waals surface area (Å²) in [6.07, 6.45) is 3.09. The molecule has 0 atom stereocenters. The number of benzene rings is 1. The minimum absolute atomic E-state index is 0.540. The molecule has 0 saturated heterocycles. The molecule has 2 aromatic heterocycles. The molecule has 0 fully saturated rings. The highest BCUT2D eigenvalue weighted by atomic mass is 15.1. The minimum atomic E-state index is 0.540. The summed E-state index contributed by atoms with van der Waals surface area (Å²) in [5.41, 5.74) is 9.03. The monoisotopic (exact) mass is 240 g/mol. The first-order valence-corrected chi connectivity index (χ1v) is 5.57. The van der Waals surface area contributed by atoms with Crippen LogP contribution in [0.1, 0.15) is 5.56 Å². The lowest BCUT2D eigenvalue weighted by molar-refractivity contribution is 1.07. The second-order valence-corrected chi connectivity index (χ2v) is 3.85. The molecule has 0 aliphatic heterocycles. The summed E-state index contributed by atoms with van der Waals surface area (Å²) >= 11 is 0. The van der Waals surface area contributed by atoms with Crippen LogP contribution in [0.15, 0.2) is 36.9 Å². The van der Waals surface area contributed by atoms with E-state index in [2.05, 4.69) is 25.3 Å². The standard InChI is InChI=1S/C12H12N6/c13-5-8-1-3-9(4-2-8)18-12-10-11(15-6-14-10)16-7-17-12/h1-4,6-7H,5,13H2,(H2,14,15,16,17,18). The number of nitrogens with zero attached hydrogens (tertiary/aromatic N) is 3. The highest BCUT2D eigenvalue weighted by Crippen LogP contribution is 2.20. The second-order valence-electron chi connectivity index (χ2n) is 3.85. The van der Waals surface area contributed by atoms with Gasteiger partial charge in [0.05, 0.1) is 6.33 Å². The van der Waals surface area contributed by atoms with Crippen LogP contribution in [0.4, 0.5) is 11.5 Å². The van der Waals surface area contributed by atoms with Crippen molar-refractivity contribution >= 4 is 22.7 Å². The molecular formula is C12H12N6. The van der Waals surface area contributed by atoms with E-state index in [0.29, 0.717) is 18.0 Å². The van der Waals surface area contributed by atoms with Crippen LogP contribution in [-0.4, -0.2) is 19.9 Å². The molecule has 2 heterocycles. The van der Waals surface area contributed by atoms with E-state index in [1.54, 1.807) is 6.33 Å². The molecular weight excluding hydrogens is 228 g/mol. The molecule has 0 amide bonds. The Hall–Kier alpha value is -2.47. The van der Waals surface area contributed by atoms with Crippen molar-refractivity contribution in [2.75, 3.05) is 5.32 Å². The molecule has 0 unspecified atom stereocenters. The molecule has 90 valence electrons. The number of rotatable bonds is 3. The summed E-state index contributed by atoms with van der Waals surface area (Å²) in [5, 5.41) is 3.22. The SMILES string of the molecule is NCc1ccc(Nc2ncnc3nc[nH]c23)cc1. The number of imidazole rings is 1. The first-order chi connectivity index (χ1) is 8.86. The second kappa shape index (κ2) is 4.42. The predicted octanol–water partition coefficient (Wildman–Crippen LogP) is 1.56. The van der Waals surface area contributed by atoms with Crippen molar-refractivity contribution in [1.29, 1.82) is 0 Å². The van der Waals surface area contributed by atoms with Crippen molar-refractivity contribution < 1.29 is 0 Å². The molecule has 3 aromatic rings. The van der Waals surface area contributed by atoms with Crippen LogP contribution in [0.2, 0.25) is 0 Å². The number of fused-ring (bicyclic) bond motifs is 1. The summed E-state index contributed by atoms with van der Waals surface area (Å²) in [5.74, 6) is 0.706.